The number of benzene rings is 1. The van der Waals surface area contributed by atoms with Crippen molar-refractivity contribution in [2.75, 3.05) is 7.05 Å². The molecule has 3 heteroatoms. The van der Waals surface area contributed by atoms with Crippen molar-refractivity contribution in [3.63, 3.8) is 0 Å². The lowest BCUT2D eigenvalue weighted by Crippen LogP contribution is -2.38. The fourth-order valence-corrected chi connectivity index (χ4v) is 2.04. The van der Waals surface area contributed by atoms with Gasteiger partial charge in [0.2, 0.25) is 0 Å². The molecular weight excluding hydrogens is 238 g/mol. The summed E-state index contributed by atoms with van der Waals surface area (Å²) in [6.07, 6.45) is 3.21. The Morgan fingerprint density at radius 1 is 1.16 bits per heavy atom. The number of hydrogen-bond donors (Lipinski definition) is 0. The number of imide groups is 1. The Morgan fingerprint density at radius 2 is 1.79 bits per heavy atom. The van der Waals surface area contributed by atoms with Gasteiger partial charge in [-0.25, -0.2) is 0 Å². The van der Waals surface area contributed by atoms with Crippen LogP contribution >= 0.6 is 0 Å². The van der Waals surface area contributed by atoms with E-state index in [9.17, 15) is 9.59 Å². The van der Waals surface area contributed by atoms with E-state index in [-0.39, 0.29) is 11.8 Å². The third-order valence-corrected chi connectivity index (χ3v) is 2.90. The largest absolute Gasteiger partial charge is 0.277 e. The first-order chi connectivity index (χ1) is 9.07. The van der Waals surface area contributed by atoms with Gasteiger partial charge in [0.15, 0.2) is 0 Å². The fraction of sp³-hybridized carbons (Fsp3) is 0.250. The van der Waals surface area contributed by atoms with E-state index in [0.717, 1.165) is 16.0 Å². The van der Waals surface area contributed by atoms with Gasteiger partial charge >= 0.3 is 0 Å². The van der Waals surface area contributed by atoms with Crippen molar-refractivity contribution in [2.24, 2.45) is 0 Å². The number of aryl methyl sites for hydroxylation is 1. The van der Waals surface area contributed by atoms with Gasteiger partial charge in [0.1, 0.15) is 0 Å². The third kappa shape index (κ3) is 2.50. The molecule has 1 aliphatic rings. The van der Waals surface area contributed by atoms with Crippen molar-refractivity contribution < 1.29 is 9.59 Å². The Hall–Kier alpha value is -2.16. The van der Waals surface area contributed by atoms with Gasteiger partial charge < -0.3 is 0 Å². The average molecular weight is 257 g/mol. The first-order valence-corrected chi connectivity index (χ1v) is 6.33. The highest BCUT2D eigenvalue weighted by Gasteiger charge is 2.32. The van der Waals surface area contributed by atoms with Crippen LogP contribution in [0.2, 0.25) is 0 Å². The first kappa shape index (κ1) is 14.9. The molecule has 0 fully saturated rings. The lowest BCUT2D eigenvalue weighted by atomic mass is 9.90. The Bertz CT molecular complexity index is 556. The van der Waals surface area contributed by atoms with Crippen molar-refractivity contribution in [1.29, 1.82) is 0 Å². The zero-order chi connectivity index (χ0) is 14.6. The third-order valence-electron chi connectivity index (χ3n) is 2.90. The summed E-state index contributed by atoms with van der Waals surface area (Å²) in [7, 11) is 1.49. The van der Waals surface area contributed by atoms with Crippen LogP contribution in [-0.4, -0.2) is 23.8 Å². The van der Waals surface area contributed by atoms with Crippen LogP contribution in [0.3, 0.4) is 0 Å². The van der Waals surface area contributed by atoms with Gasteiger partial charge in [0.05, 0.1) is 0 Å². The number of nitrogens with zero attached hydrogens (tertiary/aromatic N) is 1. The Kier molecular flexibility index (Phi) is 4.81. The Labute approximate surface area is 114 Å². The number of carbonyl (C=O) groups is 2. The summed E-state index contributed by atoms with van der Waals surface area (Å²) in [6.45, 7) is 9.49. The predicted molar refractivity (Wildman–Crippen MR) is 77.8 cm³/mol. The summed E-state index contributed by atoms with van der Waals surface area (Å²) in [5.74, 6) is -0.536. The normalized spacial score (nSPS) is 15.8. The summed E-state index contributed by atoms with van der Waals surface area (Å²) >= 11 is 0. The van der Waals surface area contributed by atoms with E-state index in [1.54, 1.807) is 18.2 Å². The number of rotatable bonds is 1. The second-order valence-electron chi connectivity index (χ2n) is 3.98. The molecule has 0 atom stereocenters. The fourth-order valence-electron chi connectivity index (χ4n) is 2.04. The lowest BCUT2D eigenvalue weighted by Gasteiger charge is -2.26. The van der Waals surface area contributed by atoms with Gasteiger partial charge in [0.25, 0.3) is 11.8 Å². The minimum atomic E-state index is -0.281. The molecule has 3 nitrogen and oxygen atoms in total. The van der Waals surface area contributed by atoms with Crippen molar-refractivity contribution in [2.45, 2.75) is 20.8 Å². The zero-order valence-electron chi connectivity index (χ0n) is 11.9. The minimum Gasteiger partial charge on any atom is -0.277 e. The van der Waals surface area contributed by atoms with Crippen molar-refractivity contribution in [3.05, 3.63) is 53.6 Å². The molecule has 0 bridgehead atoms. The molecule has 1 aromatic rings. The molecule has 0 radical (unpaired) electrons. The van der Waals surface area contributed by atoms with E-state index in [2.05, 4.69) is 6.58 Å². The molecular formula is C16H19NO2. The van der Waals surface area contributed by atoms with E-state index < -0.39 is 0 Å². The standard InChI is InChI=1S/C14H13NO2.C2H6/c1-4-6-10-12-9(2)7-5-8-11(12)14(17)15(3)13(10)16;1-2/h4-8H,1H2,2-3H3;1-2H3/b10-6+;. The number of fused-ring (bicyclic) bond motifs is 1. The maximum Gasteiger partial charge on any atom is 0.261 e. The molecule has 0 saturated heterocycles. The molecule has 0 spiro atoms. The van der Waals surface area contributed by atoms with Gasteiger partial charge in [-0.15, -0.1) is 0 Å². The quantitative estimate of drug-likeness (QED) is 0.572. The molecule has 1 heterocycles. The number of amides is 2. The summed E-state index contributed by atoms with van der Waals surface area (Å²) < 4.78 is 0. The highest BCUT2D eigenvalue weighted by Crippen LogP contribution is 2.30. The van der Waals surface area contributed by atoms with Crippen LogP contribution in [0.1, 0.15) is 35.3 Å². The highest BCUT2D eigenvalue weighted by molar-refractivity contribution is 6.31. The maximum atomic E-state index is 12.0. The van der Waals surface area contributed by atoms with Gasteiger partial charge in [-0.1, -0.05) is 38.6 Å². The summed E-state index contributed by atoms with van der Waals surface area (Å²) in [5, 5.41) is 0. The van der Waals surface area contributed by atoms with E-state index in [1.807, 2.05) is 32.9 Å². The number of allylic oxidation sites excluding steroid dienone is 2. The highest BCUT2D eigenvalue weighted by atomic mass is 16.2. The smallest absolute Gasteiger partial charge is 0.261 e. The molecule has 0 saturated carbocycles. The number of hydrogen-bond acceptors (Lipinski definition) is 2. The van der Waals surface area contributed by atoms with E-state index in [4.69, 9.17) is 0 Å². The topological polar surface area (TPSA) is 37.4 Å². The van der Waals surface area contributed by atoms with E-state index in [1.165, 1.54) is 7.05 Å². The van der Waals surface area contributed by atoms with Crippen LogP contribution < -0.4 is 0 Å². The van der Waals surface area contributed by atoms with Crippen molar-refractivity contribution in [1.82, 2.24) is 4.90 Å². The molecule has 0 unspecified atom stereocenters. The first-order valence-electron chi connectivity index (χ1n) is 6.33. The predicted octanol–water partition coefficient (Wildman–Crippen LogP) is 3.20. The summed E-state index contributed by atoms with van der Waals surface area (Å²) in [6, 6.07) is 5.45. The molecule has 19 heavy (non-hydrogen) atoms. The zero-order valence-corrected chi connectivity index (χ0v) is 11.9. The van der Waals surface area contributed by atoms with Crippen molar-refractivity contribution >= 4 is 17.4 Å². The Morgan fingerprint density at radius 3 is 2.37 bits per heavy atom. The van der Waals surface area contributed by atoms with Crippen LogP contribution in [0.15, 0.2) is 36.9 Å². The van der Waals surface area contributed by atoms with Crippen LogP contribution in [0.5, 0.6) is 0 Å². The minimum absolute atomic E-state index is 0.255. The SMILES string of the molecule is C=C/C=C1/C(=O)N(C)C(=O)c2cccc(C)c21.CC. The second kappa shape index (κ2) is 6.14. The molecule has 0 aliphatic carbocycles. The Balaban J connectivity index is 0.000000861. The van der Waals surface area contributed by atoms with Crippen molar-refractivity contribution in [3.8, 4) is 0 Å². The van der Waals surface area contributed by atoms with Crippen LogP contribution in [-0.2, 0) is 4.79 Å². The second-order valence-corrected chi connectivity index (χ2v) is 3.98. The number of carbonyl (C=O) groups excluding carboxylic acids is 2. The molecule has 2 rings (SSSR count). The average Bonchev–Trinajstić information content (AvgIpc) is 2.43. The molecule has 0 N–H and O–H groups in total. The maximum absolute atomic E-state index is 12.0. The van der Waals surface area contributed by atoms with Crippen LogP contribution in [0.25, 0.3) is 5.57 Å². The molecule has 100 valence electrons. The number of likely N-dealkylation sites (N-methyl/N-ethyl adjacent to an activating group) is 1. The molecule has 2 amide bonds. The summed E-state index contributed by atoms with van der Waals surface area (Å²) in [5.41, 5.74) is 2.74. The van der Waals surface area contributed by atoms with Gasteiger partial charge in [-0.05, 0) is 24.6 Å². The molecule has 0 aromatic heterocycles. The summed E-state index contributed by atoms with van der Waals surface area (Å²) in [4.78, 5) is 25.1. The van der Waals surface area contributed by atoms with Crippen LogP contribution in [0.4, 0.5) is 0 Å². The van der Waals surface area contributed by atoms with Gasteiger partial charge in [-0.2, -0.15) is 0 Å². The van der Waals surface area contributed by atoms with Crippen LogP contribution in [0, 0.1) is 6.92 Å². The van der Waals surface area contributed by atoms with E-state index in [0.29, 0.717) is 11.1 Å². The lowest BCUT2D eigenvalue weighted by molar-refractivity contribution is -0.121. The van der Waals surface area contributed by atoms with E-state index >= 15 is 0 Å². The van der Waals surface area contributed by atoms with Gasteiger partial charge in [0, 0.05) is 23.7 Å². The molecule has 1 aliphatic heterocycles. The monoisotopic (exact) mass is 257 g/mol. The molecule has 1 aromatic carbocycles. The van der Waals surface area contributed by atoms with Gasteiger partial charge in [-0.3, -0.25) is 14.5 Å².